The molecule has 0 aliphatic rings. The molecule has 5 N–H and O–H groups in total. The van der Waals surface area contributed by atoms with Gasteiger partial charge in [-0.3, -0.25) is 0 Å². The minimum absolute atomic E-state index is 0.0653. The van der Waals surface area contributed by atoms with Gasteiger partial charge in [-0.2, -0.15) is 4.99 Å². The molecule has 0 heterocycles. The zero-order valence-electron chi connectivity index (χ0n) is 8.83. The second-order valence-corrected chi connectivity index (χ2v) is 3.94. The molecule has 16 heavy (non-hydrogen) atoms. The second-order valence-electron chi connectivity index (χ2n) is 3.12. The Kier molecular flexibility index (Phi) is 4.52. The van der Waals surface area contributed by atoms with E-state index in [0.29, 0.717) is 5.02 Å². The summed E-state index contributed by atoms with van der Waals surface area (Å²) in [5.41, 5.74) is 12.4. The maximum absolute atomic E-state index is 5.89. The zero-order valence-corrected chi connectivity index (χ0v) is 10.4. The molecule has 0 unspecified atom stereocenters. The van der Waals surface area contributed by atoms with E-state index < -0.39 is 0 Å². The predicted octanol–water partition coefficient (Wildman–Crippen LogP) is 1.87. The topological polar surface area (TPSA) is 76.4 Å². The standard InChI is InChI=1S/C10H13ClN4S/c1-2-6-5-7(11)3-4-8(6)14-10(16)15-9(12)13/h3-5H,2H2,1H3,(H5,12,13,14,15,16). The third-order valence-electron chi connectivity index (χ3n) is 1.92. The Bertz CT molecular complexity index is 427. The van der Waals surface area contributed by atoms with Crippen LogP contribution in [-0.2, 0) is 6.42 Å². The molecule has 1 aromatic rings. The lowest BCUT2D eigenvalue weighted by atomic mass is 10.1. The molecule has 1 rings (SSSR count). The number of halogens is 1. The quantitative estimate of drug-likeness (QED) is 0.429. The van der Waals surface area contributed by atoms with Crippen LogP contribution in [0, 0.1) is 0 Å². The molecule has 0 fully saturated rings. The van der Waals surface area contributed by atoms with Crippen molar-refractivity contribution in [2.24, 2.45) is 16.5 Å². The molecule has 0 saturated carbocycles. The van der Waals surface area contributed by atoms with Gasteiger partial charge in [-0.15, -0.1) is 0 Å². The average Bonchev–Trinajstić information content (AvgIpc) is 2.19. The lowest BCUT2D eigenvalue weighted by Crippen LogP contribution is -2.25. The molecular weight excluding hydrogens is 244 g/mol. The molecule has 0 spiro atoms. The summed E-state index contributed by atoms with van der Waals surface area (Å²) in [6.45, 7) is 2.03. The molecule has 0 atom stereocenters. The van der Waals surface area contributed by atoms with Crippen LogP contribution in [0.25, 0.3) is 0 Å². The van der Waals surface area contributed by atoms with E-state index in [1.54, 1.807) is 6.07 Å². The first-order valence-corrected chi connectivity index (χ1v) is 5.50. The van der Waals surface area contributed by atoms with Crippen LogP contribution in [-0.4, -0.2) is 11.1 Å². The highest BCUT2D eigenvalue weighted by Crippen LogP contribution is 2.21. The number of hydrogen-bond acceptors (Lipinski definition) is 1. The molecule has 0 amide bonds. The molecular formula is C10H13ClN4S. The molecule has 0 aliphatic carbocycles. The van der Waals surface area contributed by atoms with E-state index in [0.717, 1.165) is 17.7 Å². The highest BCUT2D eigenvalue weighted by molar-refractivity contribution is 7.80. The largest absolute Gasteiger partial charge is 0.370 e. The summed E-state index contributed by atoms with van der Waals surface area (Å²) >= 11 is 10.8. The van der Waals surface area contributed by atoms with Crippen molar-refractivity contribution in [3.8, 4) is 0 Å². The van der Waals surface area contributed by atoms with Gasteiger partial charge in [0, 0.05) is 10.7 Å². The fourth-order valence-corrected chi connectivity index (χ4v) is 1.65. The van der Waals surface area contributed by atoms with Crippen LogP contribution in [0.15, 0.2) is 23.2 Å². The molecule has 86 valence electrons. The summed E-state index contributed by atoms with van der Waals surface area (Å²) in [5, 5.41) is 3.87. The van der Waals surface area contributed by atoms with Crippen LogP contribution in [0.1, 0.15) is 12.5 Å². The first kappa shape index (κ1) is 12.7. The Labute approximate surface area is 105 Å². The molecule has 0 bridgehead atoms. The number of thiocarbonyl (C=S) groups is 1. The summed E-state index contributed by atoms with van der Waals surface area (Å²) < 4.78 is 0. The third-order valence-corrected chi connectivity index (χ3v) is 2.35. The number of nitrogens with two attached hydrogens (primary N) is 2. The van der Waals surface area contributed by atoms with Crippen LogP contribution >= 0.6 is 23.8 Å². The van der Waals surface area contributed by atoms with Crippen molar-refractivity contribution < 1.29 is 0 Å². The minimum Gasteiger partial charge on any atom is -0.370 e. The first-order valence-electron chi connectivity index (χ1n) is 4.72. The third kappa shape index (κ3) is 3.67. The van der Waals surface area contributed by atoms with E-state index in [1.165, 1.54) is 0 Å². The summed E-state index contributed by atoms with van der Waals surface area (Å²) in [7, 11) is 0. The molecule has 6 heteroatoms. The van der Waals surface area contributed by atoms with Crippen molar-refractivity contribution in [1.29, 1.82) is 0 Å². The van der Waals surface area contributed by atoms with Gasteiger partial charge in [0.15, 0.2) is 5.96 Å². The number of nitrogens with zero attached hydrogens (tertiary/aromatic N) is 1. The Hall–Kier alpha value is -1.33. The number of anilines is 1. The van der Waals surface area contributed by atoms with E-state index in [2.05, 4.69) is 10.3 Å². The van der Waals surface area contributed by atoms with E-state index in [9.17, 15) is 0 Å². The Balaban J connectivity index is 2.89. The SMILES string of the molecule is CCc1cc(Cl)ccc1NC(=S)N=C(N)N. The van der Waals surface area contributed by atoms with Gasteiger partial charge in [0.05, 0.1) is 0 Å². The average molecular weight is 257 g/mol. The normalized spacial score (nSPS) is 9.62. The van der Waals surface area contributed by atoms with Crippen molar-refractivity contribution in [1.82, 2.24) is 0 Å². The van der Waals surface area contributed by atoms with Gasteiger partial charge in [-0.05, 0) is 42.4 Å². The monoisotopic (exact) mass is 256 g/mol. The second kappa shape index (κ2) is 5.67. The number of aryl methyl sites for hydroxylation is 1. The molecule has 1 aromatic carbocycles. The predicted molar refractivity (Wildman–Crippen MR) is 72.9 cm³/mol. The molecule has 0 aliphatic heterocycles. The maximum Gasteiger partial charge on any atom is 0.200 e. The van der Waals surface area contributed by atoms with Crippen molar-refractivity contribution in [2.75, 3.05) is 5.32 Å². The smallest absolute Gasteiger partial charge is 0.200 e. The number of hydrogen-bond donors (Lipinski definition) is 3. The summed E-state index contributed by atoms with van der Waals surface area (Å²) in [6.07, 6.45) is 0.841. The first-order chi connectivity index (χ1) is 7.52. The van der Waals surface area contributed by atoms with Crippen LogP contribution in [0.4, 0.5) is 5.69 Å². The fourth-order valence-electron chi connectivity index (χ4n) is 1.24. The molecule has 0 aromatic heterocycles. The highest BCUT2D eigenvalue weighted by Gasteiger charge is 2.03. The van der Waals surface area contributed by atoms with Crippen LogP contribution in [0.3, 0.4) is 0 Å². The number of rotatable bonds is 2. The summed E-state index contributed by atoms with van der Waals surface area (Å²) in [5.74, 6) is -0.0653. The van der Waals surface area contributed by atoms with Crippen molar-refractivity contribution in [3.05, 3.63) is 28.8 Å². The highest BCUT2D eigenvalue weighted by atomic mass is 35.5. The van der Waals surface area contributed by atoms with E-state index in [-0.39, 0.29) is 11.1 Å². The zero-order chi connectivity index (χ0) is 12.1. The van der Waals surface area contributed by atoms with Gasteiger partial charge in [0.2, 0.25) is 5.11 Å². The van der Waals surface area contributed by atoms with E-state index >= 15 is 0 Å². The van der Waals surface area contributed by atoms with Crippen LogP contribution < -0.4 is 16.8 Å². The lowest BCUT2D eigenvalue weighted by molar-refractivity contribution is 1.14. The van der Waals surface area contributed by atoms with Crippen molar-refractivity contribution >= 4 is 40.6 Å². The van der Waals surface area contributed by atoms with Gasteiger partial charge in [0.25, 0.3) is 0 Å². The van der Waals surface area contributed by atoms with Crippen LogP contribution in [0.2, 0.25) is 5.02 Å². The van der Waals surface area contributed by atoms with Gasteiger partial charge in [0.1, 0.15) is 0 Å². The van der Waals surface area contributed by atoms with Gasteiger partial charge < -0.3 is 16.8 Å². The number of nitrogens with one attached hydrogen (secondary N) is 1. The van der Waals surface area contributed by atoms with Gasteiger partial charge in [-0.25, -0.2) is 0 Å². The van der Waals surface area contributed by atoms with Gasteiger partial charge >= 0.3 is 0 Å². The maximum atomic E-state index is 5.89. The Morgan fingerprint density at radius 3 is 2.75 bits per heavy atom. The Morgan fingerprint density at radius 2 is 2.19 bits per heavy atom. The summed E-state index contributed by atoms with van der Waals surface area (Å²) in [6, 6.07) is 5.50. The molecule has 0 radical (unpaired) electrons. The minimum atomic E-state index is -0.0653. The van der Waals surface area contributed by atoms with Gasteiger partial charge in [-0.1, -0.05) is 18.5 Å². The lowest BCUT2D eigenvalue weighted by Gasteiger charge is -2.09. The fraction of sp³-hybridized carbons (Fsp3) is 0.200. The van der Waals surface area contributed by atoms with E-state index in [4.69, 9.17) is 35.3 Å². The summed E-state index contributed by atoms with van der Waals surface area (Å²) in [4.78, 5) is 3.73. The van der Waals surface area contributed by atoms with Crippen molar-refractivity contribution in [2.45, 2.75) is 13.3 Å². The van der Waals surface area contributed by atoms with Crippen molar-refractivity contribution in [3.63, 3.8) is 0 Å². The molecule has 0 saturated heterocycles. The van der Waals surface area contributed by atoms with Crippen LogP contribution in [0.5, 0.6) is 0 Å². The number of benzene rings is 1. The Morgan fingerprint density at radius 1 is 1.50 bits per heavy atom. The van der Waals surface area contributed by atoms with E-state index in [1.807, 2.05) is 19.1 Å². The number of aliphatic imine (C=N–C) groups is 1. The molecule has 4 nitrogen and oxygen atoms in total. The number of guanidine groups is 1.